The van der Waals surface area contributed by atoms with Crippen LogP contribution in [0.5, 0.6) is 0 Å². The summed E-state index contributed by atoms with van der Waals surface area (Å²) in [6.07, 6.45) is 0. The van der Waals surface area contributed by atoms with Crippen molar-refractivity contribution in [3.63, 3.8) is 0 Å². The smallest absolute Gasteiger partial charge is 0.336 e. The minimum Gasteiger partial charge on any atom is -0.479 e. The quantitative estimate of drug-likeness (QED) is 0.622. The maximum absolute atomic E-state index is 12.9. The molecule has 0 bridgehead atoms. The normalized spacial score (nSPS) is 28.2. The van der Waals surface area contributed by atoms with Gasteiger partial charge in [0.15, 0.2) is 5.54 Å². The molecule has 2 aromatic rings. The Morgan fingerprint density at radius 2 is 2.04 bits per heavy atom. The van der Waals surface area contributed by atoms with Crippen molar-refractivity contribution in [1.82, 2.24) is 10.1 Å². The largest absolute Gasteiger partial charge is 0.479 e. The Kier molecular flexibility index (Phi) is 4.54. The van der Waals surface area contributed by atoms with Crippen LogP contribution in [0.15, 0.2) is 22.7 Å². The maximum atomic E-state index is 12.9. The summed E-state index contributed by atoms with van der Waals surface area (Å²) in [7, 11) is 0. The highest BCUT2D eigenvalue weighted by Crippen LogP contribution is 2.64. The third-order valence-electron chi connectivity index (χ3n) is 5.68. The Morgan fingerprint density at radius 3 is 2.64 bits per heavy atom. The van der Waals surface area contributed by atoms with Crippen LogP contribution in [0, 0.1) is 12.8 Å². The number of aromatic nitrogens is 1. The van der Waals surface area contributed by atoms with Crippen LogP contribution in [-0.2, 0) is 10.3 Å². The molecular weight excluding hydrogens is 439 g/mol. The molecule has 4 rings (SSSR count). The van der Waals surface area contributed by atoms with E-state index in [0.29, 0.717) is 37.6 Å². The number of carbonyl (C=O) groups is 1. The molecule has 2 fully saturated rings. The molecule has 0 amide bonds. The molecule has 148 valence electrons. The molecule has 0 saturated carbocycles. The van der Waals surface area contributed by atoms with Gasteiger partial charge in [-0.05, 0) is 32.9 Å². The minimum absolute atomic E-state index is 0.00504. The second kappa shape index (κ2) is 6.36. The van der Waals surface area contributed by atoms with Crippen LogP contribution < -0.4 is 0 Å². The lowest BCUT2D eigenvalue weighted by atomic mass is 9.73. The van der Waals surface area contributed by atoms with Gasteiger partial charge >= 0.3 is 5.97 Å². The summed E-state index contributed by atoms with van der Waals surface area (Å²) in [5.41, 5.74) is 0.186. The fourth-order valence-corrected chi connectivity index (χ4v) is 6.93. The fourth-order valence-electron chi connectivity index (χ4n) is 4.32. The molecule has 2 aliphatic rings. The summed E-state index contributed by atoms with van der Waals surface area (Å²) < 4.78 is 4.82. The number of carboxylic acid groups (broad SMARTS) is 1. The molecule has 0 spiro atoms. The lowest BCUT2D eigenvalue weighted by Gasteiger charge is -2.51. The molecule has 3 heterocycles. The van der Waals surface area contributed by atoms with Gasteiger partial charge in [-0.15, -0.1) is 11.8 Å². The predicted molar refractivity (Wildman–Crippen MR) is 115 cm³/mol. The van der Waals surface area contributed by atoms with E-state index in [4.69, 9.17) is 39.9 Å². The van der Waals surface area contributed by atoms with E-state index < -0.39 is 16.3 Å². The number of nitrogens with zero attached hydrogens (tertiary/aromatic N) is 2. The third kappa shape index (κ3) is 2.36. The number of fused-ring (bicyclic) bond motifs is 1. The van der Waals surface area contributed by atoms with E-state index in [2.05, 4.69) is 5.16 Å². The molecule has 1 aromatic carbocycles. The average Bonchev–Trinajstić information content (AvgIpc) is 3.10. The van der Waals surface area contributed by atoms with Crippen molar-refractivity contribution >= 4 is 58.1 Å². The summed E-state index contributed by atoms with van der Waals surface area (Å²) in [6.45, 7) is 7.63. The molecule has 2 aliphatic heterocycles. The lowest BCUT2D eigenvalue weighted by Crippen LogP contribution is -2.67. The highest BCUT2D eigenvalue weighted by atomic mass is 35.5. The topological polar surface area (TPSA) is 66.6 Å². The van der Waals surface area contributed by atoms with E-state index in [1.165, 1.54) is 0 Å². The number of thioether (sulfide) groups is 1. The van der Waals surface area contributed by atoms with E-state index >= 15 is 0 Å². The van der Waals surface area contributed by atoms with Gasteiger partial charge in [0.1, 0.15) is 11.5 Å². The summed E-state index contributed by atoms with van der Waals surface area (Å²) in [5, 5.41) is 15.5. The van der Waals surface area contributed by atoms with Crippen molar-refractivity contribution in [3.05, 3.63) is 39.6 Å². The summed E-state index contributed by atoms with van der Waals surface area (Å²) >= 11 is 19.5. The molecule has 1 N–H and O–H groups in total. The average molecular weight is 457 g/mol. The molecule has 0 unspecified atom stereocenters. The van der Waals surface area contributed by atoms with Gasteiger partial charge in [0, 0.05) is 11.5 Å². The maximum Gasteiger partial charge on any atom is 0.336 e. The van der Waals surface area contributed by atoms with Gasteiger partial charge in [0.05, 0.1) is 30.7 Å². The zero-order chi connectivity index (χ0) is 20.6. The second-order valence-electron chi connectivity index (χ2n) is 7.62. The van der Waals surface area contributed by atoms with Crippen LogP contribution in [0.3, 0.4) is 0 Å². The molecule has 2 saturated heterocycles. The highest BCUT2D eigenvalue weighted by Gasteiger charge is 2.72. The Hall–Kier alpha value is -1.28. The number of hydrogen-bond donors (Lipinski definition) is 1. The molecule has 0 aliphatic carbocycles. The van der Waals surface area contributed by atoms with E-state index in [0.717, 1.165) is 0 Å². The summed E-state index contributed by atoms with van der Waals surface area (Å²) in [6, 6.07) is 5.09. The fraction of sp³-hybridized carbons (Fsp3) is 0.421. The van der Waals surface area contributed by atoms with Crippen molar-refractivity contribution < 1.29 is 14.4 Å². The zero-order valence-corrected chi connectivity index (χ0v) is 18.8. The lowest BCUT2D eigenvalue weighted by molar-refractivity contribution is -0.152. The first-order chi connectivity index (χ1) is 13.0. The number of carboxylic acids is 1. The standard InChI is InChI=1S/C19H18Cl2N2O3S2/c1-8-15(27)23-16(8)28-18(3,4)19(23,17(24)25)13-9(2)26-22-14(13)10-5-6-11(20)12(21)7-10/h5-8,16H,1-4H3,(H,24,25)/t8-,16-,19+/m1/s1. The Morgan fingerprint density at radius 1 is 1.36 bits per heavy atom. The van der Waals surface area contributed by atoms with E-state index in [9.17, 15) is 9.90 Å². The number of thiocarbonyl (C=S) groups is 1. The van der Waals surface area contributed by atoms with Gasteiger partial charge < -0.3 is 14.5 Å². The molecule has 3 atom stereocenters. The SMILES string of the molecule is Cc1onc(-c2ccc(Cl)c(Cl)c2)c1[C@@]1(C(=O)O)N2C(=S)[C@@H](C)[C@H]2SC1(C)C. The van der Waals surface area contributed by atoms with Crippen molar-refractivity contribution in [1.29, 1.82) is 0 Å². The number of hydrogen-bond acceptors (Lipinski definition) is 5. The van der Waals surface area contributed by atoms with Gasteiger partial charge in [0.2, 0.25) is 0 Å². The molecule has 28 heavy (non-hydrogen) atoms. The van der Waals surface area contributed by atoms with Crippen LogP contribution in [-0.4, -0.2) is 36.2 Å². The first kappa shape index (κ1) is 20.0. The van der Waals surface area contributed by atoms with E-state index in [-0.39, 0.29) is 11.3 Å². The van der Waals surface area contributed by atoms with Gasteiger partial charge in [-0.3, -0.25) is 0 Å². The van der Waals surface area contributed by atoms with Crippen LogP contribution in [0.4, 0.5) is 0 Å². The predicted octanol–water partition coefficient (Wildman–Crippen LogP) is 5.37. The number of rotatable bonds is 3. The second-order valence-corrected chi connectivity index (χ2v) is 10.6. The molecular formula is C19H18Cl2N2O3S2. The number of benzene rings is 1. The van der Waals surface area contributed by atoms with E-state index in [1.54, 1.807) is 36.9 Å². The highest BCUT2D eigenvalue weighted by molar-refractivity contribution is 8.01. The van der Waals surface area contributed by atoms with Crippen molar-refractivity contribution in [2.75, 3.05) is 0 Å². The number of aliphatic carboxylic acids is 1. The first-order valence-corrected chi connectivity index (χ1v) is 10.7. The summed E-state index contributed by atoms with van der Waals surface area (Å²) in [4.78, 5) is 15.4. The van der Waals surface area contributed by atoms with Gasteiger partial charge in [-0.1, -0.05) is 53.6 Å². The monoisotopic (exact) mass is 456 g/mol. The van der Waals surface area contributed by atoms with Gasteiger partial charge in [-0.2, -0.15) is 0 Å². The van der Waals surface area contributed by atoms with Gasteiger partial charge in [-0.25, -0.2) is 4.79 Å². The Balaban J connectivity index is 2.01. The third-order valence-corrected chi connectivity index (χ3v) is 8.74. The molecule has 1 aromatic heterocycles. The van der Waals surface area contributed by atoms with Crippen molar-refractivity contribution in [3.8, 4) is 11.3 Å². The number of aryl methyl sites for hydroxylation is 1. The molecule has 9 heteroatoms. The molecule has 0 radical (unpaired) electrons. The first-order valence-electron chi connectivity index (χ1n) is 8.70. The Labute approximate surface area is 182 Å². The Bertz CT molecular complexity index is 1020. The van der Waals surface area contributed by atoms with Crippen molar-refractivity contribution in [2.45, 2.75) is 43.4 Å². The van der Waals surface area contributed by atoms with Crippen LogP contribution in [0.2, 0.25) is 10.0 Å². The minimum atomic E-state index is -1.41. The summed E-state index contributed by atoms with van der Waals surface area (Å²) in [5.74, 6) is -0.399. The van der Waals surface area contributed by atoms with Gasteiger partial charge in [0.25, 0.3) is 0 Å². The van der Waals surface area contributed by atoms with Crippen LogP contribution in [0.1, 0.15) is 32.1 Å². The van der Waals surface area contributed by atoms with Crippen LogP contribution >= 0.6 is 47.2 Å². The van der Waals surface area contributed by atoms with Crippen molar-refractivity contribution in [2.24, 2.45) is 5.92 Å². The molecule has 5 nitrogen and oxygen atoms in total. The number of halogens is 2. The zero-order valence-electron chi connectivity index (χ0n) is 15.6. The van der Waals surface area contributed by atoms with Crippen LogP contribution in [0.25, 0.3) is 11.3 Å². The van der Waals surface area contributed by atoms with E-state index in [1.807, 2.05) is 25.7 Å².